The number of nitrogens with zero attached hydrogens (tertiary/aromatic N) is 1. The minimum absolute atomic E-state index is 0.253. The number of carbonyl (C=O) groups is 1. The molecule has 2 aromatic rings. The first-order valence-corrected chi connectivity index (χ1v) is 5.21. The molecule has 2 heteroatoms. The minimum Gasteiger partial charge on any atom is -0.350 e. The number of benzene rings is 1. The van der Waals surface area contributed by atoms with E-state index in [0.717, 1.165) is 6.42 Å². The summed E-state index contributed by atoms with van der Waals surface area (Å²) in [5, 5.41) is 1.27. The first kappa shape index (κ1) is 9.97. The predicted molar refractivity (Wildman–Crippen MR) is 61.9 cm³/mol. The van der Waals surface area contributed by atoms with Crippen LogP contribution in [0.1, 0.15) is 18.9 Å². The molecule has 1 aromatic carbocycles. The first-order valence-electron chi connectivity index (χ1n) is 5.21. The SMILES string of the molecule is CC(=O)CCc1cn(C)c2ccccc12. The smallest absolute Gasteiger partial charge is 0.130 e. The van der Waals surface area contributed by atoms with Gasteiger partial charge in [0, 0.05) is 30.6 Å². The van der Waals surface area contributed by atoms with Crippen molar-refractivity contribution in [2.45, 2.75) is 19.8 Å². The number of ketones is 1. The fourth-order valence-corrected chi connectivity index (χ4v) is 1.94. The van der Waals surface area contributed by atoms with Crippen LogP contribution < -0.4 is 0 Å². The monoisotopic (exact) mass is 201 g/mol. The third-order valence-electron chi connectivity index (χ3n) is 2.73. The molecule has 0 aliphatic heterocycles. The van der Waals surface area contributed by atoms with E-state index in [1.54, 1.807) is 6.92 Å². The molecule has 2 nitrogen and oxygen atoms in total. The fourth-order valence-electron chi connectivity index (χ4n) is 1.94. The summed E-state index contributed by atoms with van der Waals surface area (Å²) in [5.74, 6) is 0.253. The Morgan fingerprint density at radius 2 is 2.07 bits per heavy atom. The summed E-state index contributed by atoms with van der Waals surface area (Å²) in [6.07, 6.45) is 3.60. The van der Waals surface area contributed by atoms with E-state index in [1.165, 1.54) is 16.5 Å². The third-order valence-corrected chi connectivity index (χ3v) is 2.73. The zero-order valence-electron chi connectivity index (χ0n) is 9.16. The van der Waals surface area contributed by atoms with E-state index in [-0.39, 0.29) is 5.78 Å². The Balaban J connectivity index is 2.39. The maximum Gasteiger partial charge on any atom is 0.130 e. The second-order valence-electron chi connectivity index (χ2n) is 3.98. The molecule has 0 bridgehead atoms. The van der Waals surface area contributed by atoms with Crippen molar-refractivity contribution in [3.05, 3.63) is 36.0 Å². The molecule has 1 aromatic heterocycles. The molecule has 0 saturated carbocycles. The minimum atomic E-state index is 0.253. The maximum absolute atomic E-state index is 11.0. The Bertz CT molecular complexity index is 496. The van der Waals surface area contributed by atoms with Crippen LogP contribution >= 0.6 is 0 Å². The van der Waals surface area contributed by atoms with E-state index in [0.29, 0.717) is 6.42 Å². The molecule has 78 valence electrons. The van der Waals surface area contributed by atoms with Crippen LogP contribution in [0, 0.1) is 0 Å². The average molecular weight is 201 g/mol. The first-order chi connectivity index (χ1) is 7.18. The van der Waals surface area contributed by atoms with E-state index in [4.69, 9.17) is 0 Å². The fraction of sp³-hybridized carbons (Fsp3) is 0.308. The molecule has 0 atom stereocenters. The quantitative estimate of drug-likeness (QED) is 0.748. The number of Topliss-reactive ketones (excluding diaryl/α,β-unsaturated/α-hetero) is 1. The van der Waals surface area contributed by atoms with Crippen LogP contribution in [0.25, 0.3) is 10.9 Å². The summed E-state index contributed by atoms with van der Waals surface area (Å²) in [6.45, 7) is 1.64. The van der Waals surface area contributed by atoms with Gasteiger partial charge in [0.25, 0.3) is 0 Å². The topological polar surface area (TPSA) is 22.0 Å². The molecule has 1 heterocycles. The van der Waals surface area contributed by atoms with E-state index in [9.17, 15) is 4.79 Å². The summed E-state index contributed by atoms with van der Waals surface area (Å²) >= 11 is 0. The number of aryl methyl sites for hydroxylation is 2. The summed E-state index contributed by atoms with van der Waals surface area (Å²) < 4.78 is 2.12. The van der Waals surface area contributed by atoms with Crippen molar-refractivity contribution in [3.63, 3.8) is 0 Å². The number of fused-ring (bicyclic) bond motifs is 1. The van der Waals surface area contributed by atoms with Gasteiger partial charge in [-0.2, -0.15) is 0 Å². The van der Waals surface area contributed by atoms with Crippen molar-refractivity contribution >= 4 is 16.7 Å². The van der Waals surface area contributed by atoms with Gasteiger partial charge in [0.15, 0.2) is 0 Å². The van der Waals surface area contributed by atoms with Crippen LogP contribution in [0.4, 0.5) is 0 Å². The number of hydrogen-bond acceptors (Lipinski definition) is 1. The zero-order chi connectivity index (χ0) is 10.8. The Morgan fingerprint density at radius 3 is 2.80 bits per heavy atom. The summed E-state index contributed by atoms with van der Waals surface area (Å²) in [7, 11) is 2.04. The molecule has 2 rings (SSSR count). The van der Waals surface area contributed by atoms with Crippen molar-refractivity contribution in [3.8, 4) is 0 Å². The molecular weight excluding hydrogens is 186 g/mol. The highest BCUT2D eigenvalue weighted by Gasteiger charge is 2.05. The van der Waals surface area contributed by atoms with Gasteiger partial charge in [-0.15, -0.1) is 0 Å². The van der Waals surface area contributed by atoms with Crippen LogP contribution in [-0.2, 0) is 18.3 Å². The van der Waals surface area contributed by atoms with Gasteiger partial charge in [0.1, 0.15) is 5.78 Å². The van der Waals surface area contributed by atoms with E-state index in [2.05, 4.69) is 22.9 Å². The Kier molecular flexibility index (Phi) is 2.58. The number of carbonyl (C=O) groups excluding carboxylic acids is 1. The second kappa shape index (κ2) is 3.89. The Labute approximate surface area is 89.5 Å². The molecule has 15 heavy (non-hydrogen) atoms. The van der Waals surface area contributed by atoms with Crippen molar-refractivity contribution in [1.29, 1.82) is 0 Å². The highest BCUT2D eigenvalue weighted by atomic mass is 16.1. The van der Waals surface area contributed by atoms with Crippen LogP contribution in [0.5, 0.6) is 0 Å². The lowest BCUT2D eigenvalue weighted by atomic mass is 10.1. The molecule has 0 aliphatic carbocycles. The van der Waals surface area contributed by atoms with E-state index in [1.807, 2.05) is 19.2 Å². The van der Waals surface area contributed by atoms with E-state index >= 15 is 0 Å². The van der Waals surface area contributed by atoms with Gasteiger partial charge in [-0.05, 0) is 25.0 Å². The molecule has 0 amide bonds. The molecule has 0 spiro atoms. The molecule has 0 N–H and O–H groups in total. The third kappa shape index (κ3) is 1.94. The molecule has 0 unspecified atom stereocenters. The van der Waals surface area contributed by atoms with Crippen molar-refractivity contribution in [2.24, 2.45) is 7.05 Å². The van der Waals surface area contributed by atoms with Gasteiger partial charge >= 0.3 is 0 Å². The highest BCUT2D eigenvalue weighted by Crippen LogP contribution is 2.21. The molecule has 0 fully saturated rings. The average Bonchev–Trinajstić information content (AvgIpc) is 2.54. The van der Waals surface area contributed by atoms with E-state index < -0.39 is 0 Å². The number of aromatic nitrogens is 1. The van der Waals surface area contributed by atoms with Gasteiger partial charge < -0.3 is 9.36 Å². The lowest BCUT2D eigenvalue weighted by molar-refractivity contribution is -0.116. The predicted octanol–water partition coefficient (Wildman–Crippen LogP) is 2.70. The van der Waals surface area contributed by atoms with Crippen LogP contribution in [-0.4, -0.2) is 10.4 Å². The van der Waals surface area contributed by atoms with Gasteiger partial charge in [0.2, 0.25) is 0 Å². The Morgan fingerprint density at radius 1 is 1.33 bits per heavy atom. The highest BCUT2D eigenvalue weighted by molar-refractivity contribution is 5.84. The normalized spacial score (nSPS) is 10.8. The zero-order valence-corrected chi connectivity index (χ0v) is 9.16. The van der Waals surface area contributed by atoms with Crippen LogP contribution in [0.2, 0.25) is 0 Å². The lowest BCUT2D eigenvalue weighted by Crippen LogP contribution is -1.93. The summed E-state index contributed by atoms with van der Waals surface area (Å²) in [4.78, 5) is 11.0. The number of rotatable bonds is 3. The van der Waals surface area contributed by atoms with Crippen LogP contribution in [0.15, 0.2) is 30.5 Å². The molecule has 0 saturated heterocycles. The van der Waals surface area contributed by atoms with Crippen LogP contribution in [0.3, 0.4) is 0 Å². The van der Waals surface area contributed by atoms with Gasteiger partial charge in [0.05, 0.1) is 0 Å². The van der Waals surface area contributed by atoms with Crippen molar-refractivity contribution < 1.29 is 4.79 Å². The maximum atomic E-state index is 11.0. The summed E-state index contributed by atoms with van der Waals surface area (Å²) in [5.41, 5.74) is 2.50. The van der Waals surface area contributed by atoms with Gasteiger partial charge in [-0.3, -0.25) is 0 Å². The number of hydrogen-bond donors (Lipinski definition) is 0. The van der Waals surface area contributed by atoms with Gasteiger partial charge in [-0.25, -0.2) is 0 Å². The summed E-state index contributed by atoms with van der Waals surface area (Å²) in [6, 6.07) is 8.30. The van der Waals surface area contributed by atoms with Crippen molar-refractivity contribution in [1.82, 2.24) is 4.57 Å². The standard InChI is InChI=1S/C13H15NO/c1-10(15)7-8-11-9-14(2)13-6-4-3-5-12(11)13/h3-6,9H,7-8H2,1-2H3. The molecular formula is C13H15NO. The molecule has 0 radical (unpaired) electrons. The Hall–Kier alpha value is -1.57. The molecule has 0 aliphatic rings. The lowest BCUT2D eigenvalue weighted by Gasteiger charge is -1.95. The largest absolute Gasteiger partial charge is 0.350 e. The van der Waals surface area contributed by atoms with Gasteiger partial charge in [-0.1, -0.05) is 18.2 Å². The second-order valence-corrected chi connectivity index (χ2v) is 3.98. The van der Waals surface area contributed by atoms with Crippen molar-refractivity contribution in [2.75, 3.05) is 0 Å². The number of para-hydroxylation sites is 1.